The number of para-hydroxylation sites is 3. The summed E-state index contributed by atoms with van der Waals surface area (Å²) in [6.07, 6.45) is 0.213. The van der Waals surface area contributed by atoms with Crippen LogP contribution in [0.3, 0.4) is 0 Å². The molecule has 0 bridgehead atoms. The molecule has 2 aromatic rings. The minimum Gasteiger partial charge on any atom is -0.479 e. The summed E-state index contributed by atoms with van der Waals surface area (Å²) >= 11 is 6.00. The third kappa shape index (κ3) is 5.14. The topological polar surface area (TPSA) is 84.5 Å². The van der Waals surface area contributed by atoms with E-state index in [0.717, 1.165) is 6.26 Å². The molecule has 0 aliphatic heterocycles. The zero-order valence-corrected chi connectivity index (χ0v) is 14.7. The lowest BCUT2D eigenvalue weighted by atomic mass is 10.2. The zero-order chi connectivity index (χ0) is 17.7. The number of nitrogens with one attached hydrogen (secondary N) is 2. The zero-order valence-electron chi connectivity index (χ0n) is 13.1. The van der Waals surface area contributed by atoms with E-state index in [9.17, 15) is 13.2 Å². The SMILES string of the molecule is CC(Oc1ccccc1Cl)C(=O)Nc1ccccc1NS(C)(=O)=O. The predicted octanol–water partition coefficient (Wildman–Crippen LogP) is 3.12. The Bertz CT molecular complexity index is 839. The number of hydrogen-bond acceptors (Lipinski definition) is 4. The second kappa shape index (κ2) is 7.55. The van der Waals surface area contributed by atoms with Gasteiger partial charge in [-0.2, -0.15) is 0 Å². The highest BCUT2D eigenvalue weighted by Gasteiger charge is 2.18. The number of ether oxygens (including phenoxy) is 1. The lowest BCUT2D eigenvalue weighted by Crippen LogP contribution is -2.30. The van der Waals surface area contributed by atoms with E-state index in [0.29, 0.717) is 16.5 Å². The molecule has 0 spiro atoms. The molecule has 1 amide bonds. The highest BCUT2D eigenvalue weighted by atomic mass is 35.5. The van der Waals surface area contributed by atoms with Crippen molar-refractivity contribution in [1.82, 2.24) is 0 Å². The Morgan fingerprint density at radius 2 is 1.67 bits per heavy atom. The van der Waals surface area contributed by atoms with E-state index in [1.54, 1.807) is 55.5 Å². The molecule has 6 nitrogen and oxygen atoms in total. The van der Waals surface area contributed by atoms with Crippen molar-refractivity contribution in [3.05, 3.63) is 53.6 Å². The second-order valence-electron chi connectivity index (χ2n) is 5.10. The van der Waals surface area contributed by atoms with E-state index in [-0.39, 0.29) is 5.69 Å². The van der Waals surface area contributed by atoms with Gasteiger partial charge in [0.05, 0.1) is 22.7 Å². The lowest BCUT2D eigenvalue weighted by molar-refractivity contribution is -0.122. The number of rotatable bonds is 6. The Morgan fingerprint density at radius 1 is 1.08 bits per heavy atom. The summed E-state index contributed by atoms with van der Waals surface area (Å²) < 4.78 is 30.7. The first-order valence-electron chi connectivity index (χ1n) is 7.05. The Kier molecular flexibility index (Phi) is 5.69. The summed E-state index contributed by atoms with van der Waals surface area (Å²) in [5.74, 6) is -0.0398. The number of halogens is 1. The van der Waals surface area contributed by atoms with Crippen molar-refractivity contribution < 1.29 is 17.9 Å². The fourth-order valence-corrected chi connectivity index (χ4v) is 2.66. The van der Waals surface area contributed by atoms with Crippen LogP contribution < -0.4 is 14.8 Å². The van der Waals surface area contributed by atoms with Gasteiger partial charge in [0, 0.05) is 0 Å². The molecule has 8 heteroatoms. The molecule has 2 rings (SSSR count). The average molecular weight is 369 g/mol. The van der Waals surface area contributed by atoms with Gasteiger partial charge in [0.15, 0.2) is 6.10 Å². The molecule has 0 fully saturated rings. The van der Waals surface area contributed by atoms with Crippen LogP contribution in [0, 0.1) is 0 Å². The first-order chi connectivity index (χ1) is 11.3. The molecule has 0 aliphatic carbocycles. The minimum atomic E-state index is -3.46. The van der Waals surface area contributed by atoms with Crippen molar-refractivity contribution in [3.63, 3.8) is 0 Å². The van der Waals surface area contributed by atoms with Gasteiger partial charge < -0.3 is 10.1 Å². The van der Waals surface area contributed by atoms with Crippen molar-refractivity contribution in [2.45, 2.75) is 13.0 Å². The van der Waals surface area contributed by atoms with Gasteiger partial charge >= 0.3 is 0 Å². The van der Waals surface area contributed by atoms with Crippen molar-refractivity contribution in [2.24, 2.45) is 0 Å². The smallest absolute Gasteiger partial charge is 0.265 e. The van der Waals surface area contributed by atoms with E-state index >= 15 is 0 Å². The van der Waals surface area contributed by atoms with Crippen LogP contribution in [0.25, 0.3) is 0 Å². The summed E-state index contributed by atoms with van der Waals surface area (Å²) in [5.41, 5.74) is 0.612. The van der Waals surface area contributed by atoms with Crippen LogP contribution in [-0.4, -0.2) is 26.7 Å². The predicted molar refractivity (Wildman–Crippen MR) is 95.1 cm³/mol. The van der Waals surface area contributed by atoms with Crippen LogP contribution in [0.4, 0.5) is 11.4 Å². The van der Waals surface area contributed by atoms with Crippen molar-refractivity contribution in [1.29, 1.82) is 0 Å². The second-order valence-corrected chi connectivity index (χ2v) is 7.26. The molecule has 24 heavy (non-hydrogen) atoms. The molecule has 0 heterocycles. The molecular weight excluding hydrogens is 352 g/mol. The number of sulfonamides is 1. The fraction of sp³-hybridized carbons (Fsp3) is 0.188. The largest absolute Gasteiger partial charge is 0.479 e. The first-order valence-corrected chi connectivity index (χ1v) is 9.32. The molecule has 0 aromatic heterocycles. The van der Waals surface area contributed by atoms with Gasteiger partial charge in [0.2, 0.25) is 10.0 Å². The summed E-state index contributed by atoms with van der Waals surface area (Å²) in [4.78, 5) is 12.3. The molecule has 2 N–H and O–H groups in total. The molecule has 128 valence electrons. The summed E-state index contributed by atoms with van der Waals surface area (Å²) in [7, 11) is -3.46. The van der Waals surface area contributed by atoms with Gasteiger partial charge in [-0.05, 0) is 31.2 Å². The Labute approximate surface area is 145 Å². The highest BCUT2D eigenvalue weighted by molar-refractivity contribution is 7.92. The molecule has 1 unspecified atom stereocenters. The molecule has 0 saturated heterocycles. The van der Waals surface area contributed by atoms with Gasteiger partial charge in [-0.1, -0.05) is 35.9 Å². The van der Waals surface area contributed by atoms with Crippen LogP contribution in [0.2, 0.25) is 5.02 Å². The fourth-order valence-electron chi connectivity index (χ4n) is 1.90. The number of amides is 1. The third-order valence-corrected chi connectivity index (χ3v) is 3.89. The van der Waals surface area contributed by atoms with Crippen LogP contribution in [0.15, 0.2) is 48.5 Å². The lowest BCUT2D eigenvalue weighted by Gasteiger charge is -2.17. The molecule has 2 aromatic carbocycles. The summed E-state index contributed by atoms with van der Waals surface area (Å²) in [6.45, 7) is 1.57. The number of benzene rings is 2. The third-order valence-electron chi connectivity index (χ3n) is 2.99. The van der Waals surface area contributed by atoms with Crippen LogP contribution in [0.5, 0.6) is 5.75 Å². The highest BCUT2D eigenvalue weighted by Crippen LogP contribution is 2.25. The Morgan fingerprint density at radius 3 is 2.29 bits per heavy atom. The van der Waals surface area contributed by atoms with Gasteiger partial charge in [-0.3, -0.25) is 9.52 Å². The van der Waals surface area contributed by atoms with Crippen molar-refractivity contribution in [2.75, 3.05) is 16.3 Å². The van der Waals surface area contributed by atoms with Gasteiger partial charge in [0.25, 0.3) is 5.91 Å². The monoisotopic (exact) mass is 368 g/mol. The van der Waals surface area contributed by atoms with Crippen LogP contribution in [0.1, 0.15) is 6.92 Å². The van der Waals surface area contributed by atoms with Crippen molar-refractivity contribution in [3.8, 4) is 5.75 Å². The molecular formula is C16H17ClN2O4S. The van der Waals surface area contributed by atoms with Crippen molar-refractivity contribution >= 4 is 38.9 Å². The van der Waals surface area contributed by atoms with Crippen LogP contribution >= 0.6 is 11.6 Å². The maximum atomic E-state index is 12.3. The maximum Gasteiger partial charge on any atom is 0.265 e. The summed E-state index contributed by atoms with van der Waals surface area (Å²) in [5, 5.41) is 3.04. The molecule has 0 radical (unpaired) electrons. The normalized spacial score (nSPS) is 12.3. The van der Waals surface area contributed by atoms with Gasteiger partial charge in [-0.15, -0.1) is 0 Å². The van der Waals surface area contributed by atoms with E-state index in [1.165, 1.54) is 0 Å². The quantitative estimate of drug-likeness (QED) is 0.820. The number of hydrogen-bond donors (Lipinski definition) is 2. The van der Waals surface area contributed by atoms with E-state index in [1.807, 2.05) is 0 Å². The average Bonchev–Trinajstić information content (AvgIpc) is 2.50. The maximum absolute atomic E-state index is 12.3. The number of anilines is 2. The number of carbonyl (C=O) groups is 1. The van der Waals surface area contributed by atoms with Crippen LogP contribution in [-0.2, 0) is 14.8 Å². The minimum absolute atomic E-state index is 0.276. The molecule has 0 saturated carbocycles. The van der Waals surface area contributed by atoms with E-state index in [2.05, 4.69) is 10.0 Å². The standard InChI is InChI=1S/C16H17ClN2O4S/c1-11(23-15-10-6-3-7-12(15)17)16(20)18-13-8-4-5-9-14(13)19-24(2,21)22/h3-11,19H,1-2H3,(H,18,20). The van der Waals surface area contributed by atoms with Gasteiger partial charge in [0.1, 0.15) is 5.75 Å². The Balaban J connectivity index is 2.11. The van der Waals surface area contributed by atoms with E-state index < -0.39 is 22.0 Å². The van der Waals surface area contributed by atoms with Gasteiger partial charge in [-0.25, -0.2) is 8.42 Å². The Hall–Kier alpha value is -2.25. The molecule has 0 aliphatic rings. The van der Waals surface area contributed by atoms with E-state index in [4.69, 9.17) is 16.3 Å². The summed E-state index contributed by atoms with van der Waals surface area (Å²) in [6, 6.07) is 13.3. The molecule has 1 atom stereocenters. The first kappa shape index (κ1) is 18.1. The number of carbonyl (C=O) groups excluding carboxylic acids is 1.